The third kappa shape index (κ3) is 3.56. The summed E-state index contributed by atoms with van der Waals surface area (Å²) in [5.41, 5.74) is 0.518. The molecule has 0 aliphatic heterocycles. The van der Waals surface area contributed by atoms with Gasteiger partial charge in [0, 0.05) is 5.56 Å². The van der Waals surface area contributed by atoms with Crippen molar-refractivity contribution in [2.45, 2.75) is 6.42 Å². The molecule has 1 amide bonds. The second kappa shape index (κ2) is 6.33. The van der Waals surface area contributed by atoms with Gasteiger partial charge in [-0.25, -0.2) is 8.78 Å². The molecule has 6 heteroatoms. The summed E-state index contributed by atoms with van der Waals surface area (Å²) in [7, 11) is 0. The lowest BCUT2D eigenvalue weighted by Gasteiger charge is -2.08. The number of anilines is 1. The predicted molar refractivity (Wildman–Crippen MR) is 74.9 cm³/mol. The van der Waals surface area contributed by atoms with E-state index >= 15 is 0 Å². The summed E-state index contributed by atoms with van der Waals surface area (Å²) in [5, 5.41) is 11.5. The zero-order chi connectivity index (χ0) is 15.4. The number of rotatable bonds is 3. The minimum Gasteiger partial charge on any atom is -0.324 e. The Kier molecular flexibility index (Phi) is 4.51. The molecule has 0 bridgehead atoms. The minimum absolute atomic E-state index is 0.0555. The average molecular weight is 307 g/mol. The molecule has 106 valence electrons. The second-order valence-corrected chi connectivity index (χ2v) is 4.65. The van der Waals surface area contributed by atoms with Gasteiger partial charge >= 0.3 is 0 Å². The minimum atomic E-state index is -1.05. The summed E-state index contributed by atoms with van der Waals surface area (Å²) in [6.45, 7) is 0. The van der Waals surface area contributed by atoms with E-state index in [0.29, 0.717) is 5.56 Å². The number of carbonyl (C=O) groups is 1. The average Bonchev–Trinajstić information content (AvgIpc) is 2.46. The van der Waals surface area contributed by atoms with Crippen LogP contribution in [-0.4, -0.2) is 5.91 Å². The lowest BCUT2D eigenvalue weighted by molar-refractivity contribution is -0.115. The van der Waals surface area contributed by atoms with Crippen molar-refractivity contribution in [1.82, 2.24) is 0 Å². The molecule has 2 aromatic carbocycles. The first kappa shape index (κ1) is 14.9. The summed E-state index contributed by atoms with van der Waals surface area (Å²) in [6.07, 6.45) is -0.337. The van der Waals surface area contributed by atoms with Gasteiger partial charge in [0.25, 0.3) is 0 Å². The molecule has 1 N–H and O–H groups in total. The first-order valence-corrected chi connectivity index (χ1v) is 6.31. The number of carbonyl (C=O) groups excluding carboxylic acids is 1. The maximum atomic E-state index is 13.5. The smallest absolute Gasteiger partial charge is 0.228 e. The van der Waals surface area contributed by atoms with Gasteiger partial charge in [-0.05, 0) is 24.3 Å². The van der Waals surface area contributed by atoms with Crippen LogP contribution in [0.1, 0.15) is 11.1 Å². The van der Waals surface area contributed by atoms with Crippen molar-refractivity contribution in [2.75, 3.05) is 5.32 Å². The van der Waals surface area contributed by atoms with Crippen LogP contribution in [-0.2, 0) is 11.2 Å². The zero-order valence-corrected chi connectivity index (χ0v) is 11.4. The molecule has 0 unspecified atom stereocenters. The van der Waals surface area contributed by atoms with E-state index in [1.54, 1.807) is 0 Å². The lowest BCUT2D eigenvalue weighted by Crippen LogP contribution is -2.16. The molecular formula is C15H9ClF2N2O. The van der Waals surface area contributed by atoms with Crippen LogP contribution in [0.5, 0.6) is 0 Å². The first-order chi connectivity index (χ1) is 10.0. The summed E-state index contributed by atoms with van der Waals surface area (Å²) >= 11 is 5.90. The van der Waals surface area contributed by atoms with Gasteiger partial charge in [-0.15, -0.1) is 0 Å². The number of amides is 1. The Bertz CT molecular complexity index is 741. The quantitative estimate of drug-likeness (QED) is 0.940. The number of nitrogens with one attached hydrogen (secondary N) is 1. The molecule has 3 nitrogen and oxygen atoms in total. The van der Waals surface area contributed by atoms with Crippen LogP contribution in [0.15, 0.2) is 36.4 Å². The highest BCUT2D eigenvalue weighted by Gasteiger charge is 2.13. The Morgan fingerprint density at radius 1 is 1.29 bits per heavy atom. The van der Waals surface area contributed by atoms with E-state index in [0.717, 1.165) is 6.07 Å². The van der Waals surface area contributed by atoms with E-state index in [4.69, 9.17) is 16.9 Å². The normalized spacial score (nSPS) is 10.0. The number of halogens is 3. The molecule has 0 spiro atoms. The largest absolute Gasteiger partial charge is 0.324 e. The summed E-state index contributed by atoms with van der Waals surface area (Å²) < 4.78 is 26.5. The maximum Gasteiger partial charge on any atom is 0.228 e. The lowest BCUT2D eigenvalue weighted by atomic mass is 10.1. The van der Waals surface area contributed by atoms with Gasteiger partial charge in [0.05, 0.1) is 28.8 Å². The SMILES string of the molecule is N#Cc1ccc(Cl)c(NC(=O)Cc2cccc(F)c2F)c1. The van der Waals surface area contributed by atoms with Crippen molar-refractivity contribution in [3.63, 3.8) is 0 Å². The van der Waals surface area contributed by atoms with Crippen molar-refractivity contribution in [2.24, 2.45) is 0 Å². The van der Waals surface area contributed by atoms with Crippen LogP contribution in [0.3, 0.4) is 0 Å². The molecule has 0 aliphatic carbocycles. The van der Waals surface area contributed by atoms with Gasteiger partial charge in [-0.2, -0.15) is 5.26 Å². The van der Waals surface area contributed by atoms with Gasteiger partial charge in [0.1, 0.15) is 0 Å². The van der Waals surface area contributed by atoms with Gasteiger partial charge < -0.3 is 5.32 Å². The molecule has 0 atom stereocenters. The fraction of sp³-hybridized carbons (Fsp3) is 0.0667. The first-order valence-electron chi connectivity index (χ1n) is 5.93. The summed E-state index contributed by atoms with van der Waals surface area (Å²) in [6, 6.07) is 9.92. The van der Waals surface area contributed by atoms with E-state index < -0.39 is 17.5 Å². The van der Waals surface area contributed by atoms with Crippen molar-refractivity contribution in [3.05, 3.63) is 64.2 Å². The zero-order valence-electron chi connectivity index (χ0n) is 10.7. The maximum absolute atomic E-state index is 13.5. The van der Waals surface area contributed by atoms with E-state index in [9.17, 15) is 13.6 Å². The second-order valence-electron chi connectivity index (χ2n) is 4.24. The fourth-order valence-corrected chi connectivity index (χ4v) is 1.91. The molecule has 21 heavy (non-hydrogen) atoms. The number of benzene rings is 2. The van der Waals surface area contributed by atoms with Crippen molar-refractivity contribution >= 4 is 23.2 Å². The molecular weight excluding hydrogens is 298 g/mol. The highest BCUT2D eigenvalue weighted by atomic mass is 35.5. The van der Waals surface area contributed by atoms with Crippen molar-refractivity contribution < 1.29 is 13.6 Å². The van der Waals surface area contributed by atoms with Gasteiger partial charge in [0.2, 0.25) is 5.91 Å². The number of hydrogen-bond acceptors (Lipinski definition) is 2. The summed E-state index contributed by atoms with van der Waals surface area (Å²) in [5.74, 6) is -2.62. The number of nitriles is 1. The number of nitrogens with zero attached hydrogens (tertiary/aromatic N) is 1. The Morgan fingerprint density at radius 2 is 2.05 bits per heavy atom. The van der Waals surface area contributed by atoms with Crippen LogP contribution in [0.25, 0.3) is 0 Å². The molecule has 0 fully saturated rings. The van der Waals surface area contributed by atoms with Crippen molar-refractivity contribution in [1.29, 1.82) is 5.26 Å². The van der Waals surface area contributed by atoms with Crippen LogP contribution < -0.4 is 5.32 Å². The number of hydrogen-bond donors (Lipinski definition) is 1. The Morgan fingerprint density at radius 3 is 2.76 bits per heavy atom. The Balaban J connectivity index is 2.16. The molecule has 0 saturated carbocycles. The molecule has 0 aromatic heterocycles. The van der Waals surface area contributed by atoms with Crippen LogP contribution >= 0.6 is 11.6 Å². The van der Waals surface area contributed by atoms with Gasteiger partial charge in [-0.1, -0.05) is 23.7 Å². The van der Waals surface area contributed by atoms with Crippen molar-refractivity contribution in [3.8, 4) is 6.07 Å². The van der Waals surface area contributed by atoms with Crippen LogP contribution in [0.4, 0.5) is 14.5 Å². The van der Waals surface area contributed by atoms with E-state index in [1.807, 2.05) is 6.07 Å². The Hall–Kier alpha value is -2.45. The molecule has 0 heterocycles. The monoisotopic (exact) mass is 306 g/mol. The Labute approximate surface area is 124 Å². The fourth-order valence-electron chi connectivity index (χ4n) is 1.74. The van der Waals surface area contributed by atoms with Gasteiger partial charge in [0.15, 0.2) is 11.6 Å². The highest BCUT2D eigenvalue weighted by molar-refractivity contribution is 6.33. The summed E-state index contributed by atoms with van der Waals surface area (Å²) in [4.78, 5) is 11.9. The van der Waals surface area contributed by atoms with E-state index in [-0.39, 0.29) is 22.7 Å². The highest BCUT2D eigenvalue weighted by Crippen LogP contribution is 2.23. The molecule has 2 rings (SSSR count). The van der Waals surface area contributed by atoms with Crippen LogP contribution in [0.2, 0.25) is 5.02 Å². The topological polar surface area (TPSA) is 52.9 Å². The van der Waals surface area contributed by atoms with Gasteiger partial charge in [-0.3, -0.25) is 4.79 Å². The third-order valence-electron chi connectivity index (χ3n) is 2.75. The molecule has 2 aromatic rings. The van der Waals surface area contributed by atoms with E-state index in [2.05, 4.69) is 5.32 Å². The molecule has 0 aliphatic rings. The third-order valence-corrected chi connectivity index (χ3v) is 3.08. The van der Waals surface area contributed by atoms with E-state index in [1.165, 1.54) is 30.3 Å². The van der Waals surface area contributed by atoms with Crippen LogP contribution in [0, 0.1) is 23.0 Å². The molecule has 0 radical (unpaired) electrons. The predicted octanol–water partition coefficient (Wildman–Crippen LogP) is 3.67. The standard InChI is InChI=1S/C15H9ClF2N2O/c16-11-5-4-9(8-19)6-13(11)20-14(21)7-10-2-1-3-12(17)15(10)18/h1-6H,7H2,(H,20,21). The molecule has 0 saturated heterocycles.